The number of aromatic amines is 1. The molecule has 0 radical (unpaired) electrons. The molecule has 84 valence electrons. The summed E-state index contributed by atoms with van der Waals surface area (Å²) in [5.74, 6) is 0. The molecule has 0 unspecified atom stereocenters. The van der Waals surface area contributed by atoms with Crippen molar-refractivity contribution in [3.8, 4) is 0 Å². The second kappa shape index (κ2) is 3.76. The number of pyridine rings is 1. The summed E-state index contributed by atoms with van der Waals surface area (Å²) in [5, 5.41) is 4.20. The zero-order valence-corrected chi connectivity index (χ0v) is 9.79. The molecular weight excluding hydrogens is 200 g/mol. The molecule has 0 bridgehead atoms. The Hall–Kier alpha value is -1.61. The van der Waals surface area contributed by atoms with E-state index in [0.717, 1.165) is 16.5 Å². The van der Waals surface area contributed by atoms with Gasteiger partial charge in [0.25, 0.3) is 5.56 Å². The smallest absolute Gasteiger partial charge is 0.253 e. The number of H-pyrrole nitrogens is 1. The number of para-hydroxylation sites is 1. The maximum atomic E-state index is 11.9. The van der Waals surface area contributed by atoms with Crippen LogP contribution >= 0.6 is 0 Å². The van der Waals surface area contributed by atoms with Crippen LogP contribution in [0.15, 0.2) is 35.1 Å². The molecule has 0 atom stereocenters. The minimum atomic E-state index is -0.322. The molecule has 1 aromatic heterocycles. The molecule has 0 fully saturated rings. The van der Waals surface area contributed by atoms with Gasteiger partial charge in [0.15, 0.2) is 0 Å². The molecule has 2 rings (SSSR count). The molecule has 0 saturated carbocycles. The van der Waals surface area contributed by atoms with Crippen molar-refractivity contribution in [3.63, 3.8) is 0 Å². The summed E-state index contributed by atoms with van der Waals surface area (Å²) in [4.78, 5) is 14.8. The summed E-state index contributed by atoms with van der Waals surface area (Å²) in [7, 11) is 1.86. The van der Waals surface area contributed by atoms with Gasteiger partial charge >= 0.3 is 0 Å². The van der Waals surface area contributed by atoms with Crippen molar-refractivity contribution in [2.24, 2.45) is 0 Å². The molecule has 0 aliphatic heterocycles. The quantitative estimate of drug-likeness (QED) is 0.806. The van der Waals surface area contributed by atoms with Crippen molar-refractivity contribution in [2.45, 2.75) is 19.4 Å². The van der Waals surface area contributed by atoms with Gasteiger partial charge in [-0.05, 0) is 38.4 Å². The van der Waals surface area contributed by atoms with E-state index in [9.17, 15) is 4.79 Å². The van der Waals surface area contributed by atoms with E-state index in [1.165, 1.54) is 0 Å². The molecule has 0 aliphatic carbocycles. The van der Waals surface area contributed by atoms with E-state index < -0.39 is 0 Å². The maximum absolute atomic E-state index is 11.9. The monoisotopic (exact) mass is 216 g/mol. The van der Waals surface area contributed by atoms with E-state index in [1.807, 2.05) is 51.2 Å². The Labute approximate surface area is 94.5 Å². The highest BCUT2D eigenvalue weighted by Crippen LogP contribution is 2.19. The summed E-state index contributed by atoms with van der Waals surface area (Å²) in [5.41, 5.74) is 1.28. The molecule has 0 aliphatic rings. The van der Waals surface area contributed by atoms with E-state index in [0.29, 0.717) is 0 Å². The highest BCUT2D eigenvalue weighted by molar-refractivity contribution is 5.78. The van der Waals surface area contributed by atoms with Crippen molar-refractivity contribution in [3.05, 3.63) is 46.2 Å². The number of hydrogen-bond acceptors (Lipinski definition) is 2. The summed E-state index contributed by atoms with van der Waals surface area (Å²) in [6, 6.07) is 9.75. The van der Waals surface area contributed by atoms with Crippen molar-refractivity contribution in [1.29, 1.82) is 0 Å². The van der Waals surface area contributed by atoms with Crippen molar-refractivity contribution < 1.29 is 0 Å². The SMILES string of the molecule is CNC(C)(C)c1cc2ccccc2[nH]c1=O. The molecule has 16 heavy (non-hydrogen) atoms. The van der Waals surface area contributed by atoms with Crippen LogP contribution in [0.5, 0.6) is 0 Å². The predicted molar refractivity (Wildman–Crippen MR) is 66.7 cm³/mol. The van der Waals surface area contributed by atoms with E-state index in [-0.39, 0.29) is 11.1 Å². The van der Waals surface area contributed by atoms with Crippen LogP contribution in [-0.4, -0.2) is 12.0 Å². The molecule has 2 aromatic rings. The number of aromatic nitrogens is 1. The first kappa shape index (κ1) is 10.9. The molecule has 0 spiro atoms. The number of fused-ring (bicyclic) bond motifs is 1. The first-order valence-corrected chi connectivity index (χ1v) is 5.36. The second-order valence-electron chi connectivity index (χ2n) is 4.47. The van der Waals surface area contributed by atoms with Gasteiger partial charge in [-0.2, -0.15) is 0 Å². The van der Waals surface area contributed by atoms with E-state index >= 15 is 0 Å². The molecule has 3 nitrogen and oxygen atoms in total. The fraction of sp³-hybridized carbons (Fsp3) is 0.308. The lowest BCUT2D eigenvalue weighted by Crippen LogP contribution is -2.38. The fourth-order valence-corrected chi connectivity index (χ4v) is 1.75. The Balaban J connectivity index is 2.73. The largest absolute Gasteiger partial charge is 0.322 e. The molecule has 0 amide bonds. The average molecular weight is 216 g/mol. The minimum absolute atomic E-state index is 0.0296. The minimum Gasteiger partial charge on any atom is -0.322 e. The van der Waals surface area contributed by atoms with E-state index in [1.54, 1.807) is 0 Å². The molecule has 3 heteroatoms. The normalized spacial score (nSPS) is 11.9. The van der Waals surface area contributed by atoms with Crippen LogP contribution in [0.3, 0.4) is 0 Å². The summed E-state index contributed by atoms with van der Waals surface area (Å²) >= 11 is 0. The van der Waals surface area contributed by atoms with Crippen LogP contribution in [-0.2, 0) is 5.54 Å². The molecular formula is C13H16N2O. The Morgan fingerprint density at radius 2 is 1.94 bits per heavy atom. The van der Waals surface area contributed by atoms with Gasteiger partial charge in [0.1, 0.15) is 0 Å². The van der Waals surface area contributed by atoms with Gasteiger partial charge in [0, 0.05) is 16.6 Å². The summed E-state index contributed by atoms with van der Waals surface area (Å²) < 4.78 is 0. The lowest BCUT2D eigenvalue weighted by atomic mass is 9.95. The predicted octanol–water partition coefficient (Wildman–Crippen LogP) is 1.98. The first-order valence-electron chi connectivity index (χ1n) is 5.36. The lowest BCUT2D eigenvalue weighted by molar-refractivity contribution is 0.440. The van der Waals surface area contributed by atoms with Crippen LogP contribution < -0.4 is 10.9 Å². The third-order valence-electron chi connectivity index (χ3n) is 3.05. The van der Waals surface area contributed by atoms with Gasteiger partial charge in [0.2, 0.25) is 0 Å². The zero-order chi connectivity index (χ0) is 11.8. The zero-order valence-electron chi connectivity index (χ0n) is 9.79. The molecule has 2 N–H and O–H groups in total. The van der Waals surface area contributed by atoms with Crippen LogP contribution in [0.25, 0.3) is 10.9 Å². The van der Waals surface area contributed by atoms with E-state index in [4.69, 9.17) is 0 Å². The highest BCUT2D eigenvalue weighted by atomic mass is 16.1. The van der Waals surface area contributed by atoms with Crippen LogP contribution in [0, 0.1) is 0 Å². The Bertz CT molecular complexity index is 569. The Morgan fingerprint density at radius 3 is 2.62 bits per heavy atom. The maximum Gasteiger partial charge on any atom is 0.253 e. The lowest BCUT2D eigenvalue weighted by Gasteiger charge is -2.23. The van der Waals surface area contributed by atoms with Gasteiger partial charge in [-0.3, -0.25) is 4.79 Å². The van der Waals surface area contributed by atoms with Gasteiger partial charge in [-0.1, -0.05) is 18.2 Å². The second-order valence-corrected chi connectivity index (χ2v) is 4.47. The summed E-state index contributed by atoms with van der Waals surface area (Å²) in [6.07, 6.45) is 0. The highest BCUT2D eigenvalue weighted by Gasteiger charge is 2.21. The number of benzene rings is 1. The third kappa shape index (κ3) is 1.74. The summed E-state index contributed by atoms with van der Waals surface area (Å²) in [6.45, 7) is 3.98. The van der Waals surface area contributed by atoms with Crippen molar-refractivity contribution >= 4 is 10.9 Å². The van der Waals surface area contributed by atoms with Gasteiger partial charge in [-0.15, -0.1) is 0 Å². The average Bonchev–Trinajstić information content (AvgIpc) is 2.28. The van der Waals surface area contributed by atoms with E-state index in [2.05, 4.69) is 10.3 Å². The van der Waals surface area contributed by atoms with Crippen molar-refractivity contribution in [2.75, 3.05) is 7.05 Å². The van der Waals surface area contributed by atoms with Crippen LogP contribution in [0.4, 0.5) is 0 Å². The van der Waals surface area contributed by atoms with Gasteiger partial charge in [-0.25, -0.2) is 0 Å². The molecule has 1 aromatic carbocycles. The van der Waals surface area contributed by atoms with Crippen molar-refractivity contribution in [1.82, 2.24) is 10.3 Å². The molecule has 0 saturated heterocycles. The van der Waals surface area contributed by atoms with Crippen LogP contribution in [0.1, 0.15) is 19.4 Å². The standard InChI is InChI=1S/C13H16N2O/c1-13(2,14-3)10-8-9-6-4-5-7-11(9)15-12(10)16/h4-8,14H,1-3H3,(H,15,16). The first-order chi connectivity index (χ1) is 7.54. The third-order valence-corrected chi connectivity index (χ3v) is 3.05. The van der Waals surface area contributed by atoms with Gasteiger partial charge < -0.3 is 10.3 Å². The fourth-order valence-electron chi connectivity index (χ4n) is 1.75. The Kier molecular flexibility index (Phi) is 2.56. The Morgan fingerprint density at radius 1 is 1.25 bits per heavy atom. The topological polar surface area (TPSA) is 44.9 Å². The van der Waals surface area contributed by atoms with Gasteiger partial charge in [0.05, 0.1) is 0 Å². The number of nitrogens with one attached hydrogen (secondary N) is 2. The van der Waals surface area contributed by atoms with Crippen LogP contribution in [0.2, 0.25) is 0 Å². The number of rotatable bonds is 2. The molecule has 1 heterocycles. The number of hydrogen-bond donors (Lipinski definition) is 2.